The molecule has 1 aromatic heterocycles. The monoisotopic (exact) mass is 357 g/mol. The van der Waals surface area contributed by atoms with Gasteiger partial charge in [0.25, 0.3) is 0 Å². The van der Waals surface area contributed by atoms with Crippen molar-refractivity contribution in [2.75, 3.05) is 11.9 Å². The van der Waals surface area contributed by atoms with Gasteiger partial charge in [-0.1, -0.05) is 30.3 Å². The molecule has 0 fully saturated rings. The third-order valence-corrected chi connectivity index (χ3v) is 3.69. The van der Waals surface area contributed by atoms with E-state index in [0.717, 1.165) is 35.6 Å². The van der Waals surface area contributed by atoms with Crippen LogP contribution in [0.1, 0.15) is 30.2 Å². The number of anilines is 1. The number of amides is 1. The van der Waals surface area contributed by atoms with Crippen molar-refractivity contribution in [3.05, 3.63) is 46.3 Å². The van der Waals surface area contributed by atoms with Crippen LogP contribution in [-0.4, -0.2) is 17.6 Å². The Balaban J connectivity index is 0.00000264. The zero-order valence-corrected chi connectivity index (χ0v) is 14.8. The fourth-order valence-electron chi connectivity index (χ4n) is 2.15. The molecule has 0 aliphatic carbocycles. The lowest BCUT2D eigenvalue weighted by atomic mass is 10.1. The Bertz CT molecular complexity index is 625. The highest BCUT2D eigenvalue weighted by Crippen LogP contribution is 2.21. The second kappa shape index (κ2) is 9.55. The number of halogens is 2. The number of hydrogen-bond donors (Lipinski definition) is 2. The molecule has 0 aliphatic heterocycles. The summed E-state index contributed by atoms with van der Waals surface area (Å²) in [6, 6.07) is 7.77. The van der Waals surface area contributed by atoms with Crippen LogP contribution in [0.5, 0.6) is 0 Å². The normalized spacial score (nSPS) is 10.2. The Morgan fingerprint density at radius 2 is 2.09 bits per heavy atom. The molecule has 5 nitrogen and oxygen atoms in total. The number of hydrogen-bond acceptors (Lipinski definition) is 4. The molecular weight excluding hydrogens is 337 g/mol. The van der Waals surface area contributed by atoms with E-state index in [4.69, 9.17) is 16.1 Å². The lowest BCUT2D eigenvalue weighted by molar-refractivity contribution is -0.116. The molecule has 0 aliphatic rings. The highest BCUT2D eigenvalue weighted by molar-refractivity contribution is 6.29. The number of para-hydroxylation sites is 1. The number of carbonyl (C=O) groups excluding carboxylic acids is 1. The molecule has 0 radical (unpaired) electrons. The maximum atomic E-state index is 12.1. The molecule has 126 valence electrons. The van der Waals surface area contributed by atoms with Crippen molar-refractivity contribution >= 4 is 35.6 Å². The molecule has 0 saturated carbocycles. The maximum Gasteiger partial charge on any atom is 0.229 e. The Morgan fingerprint density at radius 1 is 1.35 bits per heavy atom. The topological polar surface area (TPSA) is 67.2 Å². The molecule has 0 saturated heterocycles. The van der Waals surface area contributed by atoms with Crippen LogP contribution in [0, 0.1) is 6.92 Å². The summed E-state index contributed by atoms with van der Waals surface area (Å²) in [5.41, 5.74) is 3.42. The first-order valence-corrected chi connectivity index (χ1v) is 7.68. The lowest BCUT2D eigenvalue weighted by Gasteiger charge is -2.11. The van der Waals surface area contributed by atoms with E-state index < -0.39 is 0 Å². The number of carbonyl (C=O) groups is 1. The summed E-state index contributed by atoms with van der Waals surface area (Å²) in [5, 5.41) is 10.2. The molecule has 2 rings (SSSR count). The van der Waals surface area contributed by atoms with Crippen LogP contribution in [0.3, 0.4) is 0 Å². The maximum absolute atomic E-state index is 12.1. The predicted octanol–water partition coefficient (Wildman–Crippen LogP) is 3.74. The Hall–Kier alpha value is -1.56. The van der Waals surface area contributed by atoms with Crippen LogP contribution in [-0.2, 0) is 17.8 Å². The van der Waals surface area contributed by atoms with Crippen LogP contribution >= 0.6 is 24.0 Å². The third kappa shape index (κ3) is 5.53. The summed E-state index contributed by atoms with van der Waals surface area (Å²) in [4.78, 5) is 12.1. The van der Waals surface area contributed by atoms with Gasteiger partial charge in [-0.05, 0) is 43.1 Å². The highest BCUT2D eigenvalue weighted by atomic mass is 35.5. The van der Waals surface area contributed by atoms with Gasteiger partial charge in [0.2, 0.25) is 11.1 Å². The zero-order valence-electron chi connectivity index (χ0n) is 13.2. The van der Waals surface area contributed by atoms with Gasteiger partial charge in [-0.25, -0.2) is 0 Å². The van der Waals surface area contributed by atoms with Gasteiger partial charge in [0, 0.05) is 24.2 Å². The molecule has 0 atom stereocenters. The largest absolute Gasteiger partial charge is 0.344 e. The minimum atomic E-state index is -0.0550. The Labute approximate surface area is 147 Å². The van der Waals surface area contributed by atoms with Crippen molar-refractivity contribution in [2.24, 2.45) is 0 Å². The van der Waals surface area contributed by atoms with Gasteiger partial charge in [-0.2, -0.15) is 0 Å². The first-order chi connectivity index (χ1) is 10.6. The van der Waals surface area contributed by atoms with Crippen LogP contribution < -0.4 is 10.6 Å². The van der Waals surface area contributed by atoms with E-state index in [1.807, 2.05) is 38.1 Å². The molecule has 0 unspecified atom stereocenters. The fraction of sp³-hybridized carbons (Fsp3) is 0.375. The first-order valence-electron chi connectivity index (χ1n) is 7.31. The molecule has 0 bridgehead atoms. The van der Waals surface area contributed by atoms with Gasteiger partial charge in [-0.3, -0.25) is 4.79 Å². The van der Waals surface area contributed by atoms with Crippen LogP contribution in [0.2, 0.25) is 5.22 Å². The minimum Gasteiger partial charge on any atom is -0.344 e. The van der Waals surface area contributed by atoms with Gasteiger partial charge in [0.1, 0.15) is 0 Å². The number of nitrogens with zero attached hydrogens (tertiary/aromatic N) is 1. The van der Waals surface area contributed by atoms with Gasteiger partial charge in [-0.15, -0.1) is 12.4 Å². The van der Waals surface area contributed by atoms with Gasteiger partial charge >= 0.3 is 0 Å². The van der Waals surface area contributed by atoms with Crippen molar-refractivity contribution < 1.29 is 9.32 Å². The SMILES string of the molecule is CCNCc1ccccc1NC(=O)CCc1c(C)noc1Cl.Cl. The zero-order chi connectivity index (χ0) is 15.9. The van der Waals surface area contributed by atoms with E-state index in [2.05, 4.69) is 15.8 Å². The van der Waals surface area contributed by atoms with E-state index in [0.29, 0.717) is 12.8 Å². The van der Waals surface area contributed by atoms with E-state index in [1.165, 1.54) is 0 Å². The van der Waals surface area contributed by atoms with E-state index in [-0.39, 0.29) is 23.5 Å². The van der Waals surface area contributed by atoms with Gasteiger partial charge in [0.15, 0.2) is 0 Å². The predicted molar refractivity (Wildman–Crippen MR) is 94.3 cm³/mol. The highest BCUT2D eigenvalue weighted by Gasteiger charge is 2.13. The van der Waals surface area contributed by atoms with Crippen molar-refractivity contribution in [1.82, 2.24) is 10.5 Å². The average Bonchev–Trinajstić information content (AvgIpc) is 2.83. The molecule has 1 amide bonds. The standard InChI is InChI=1S/C16H20ClN3O2.ClH/c1-3-18-10-12-6-4-5-7-14(12)19-15(21)9-8-13-11(2)20-22-16(13)17;/h4-7,18H,3,8-10H2,1-2H3,(H,19,21);1H. The van der Waals surface area contributed by atoms with Gasteiger partial charge in [0.05, 0.1) is 5.69 Å². The van der Waals surface area contributed by atoms with Crippen molar-refractivity contribution in [2.45, 2.75) is 33.2 Å². The van der Waals surface area contributed by atoms with Crippen molar-refractivity contribution in [3.63, 3.8) is 0 Å². The van der Waals surface area contributed by atoms with Crippen molar-refractivity contribution in [1.29, 1.82) is 0 Å². The van der Waals surface area contributed by atoms with Gasteiger partial charge < -0.3 is 15.2 Å². The molecule has 23 heavy (non-hydrogen) atoms. The second-order valence-electron chi connectivity index (χ2n) is 5.01. The number of nitrogens with one attached hydrogen (secondary N) is 2. The number of aryl methyl sites for hydroxylation is 1. The Kier molecular flexibility index (Phi) is 8.09. The quantitative estimate of drug-likeness (QED) is 0.791. The lowest BCUT2D eigenvalue weighted by Crippen LogP contribution is -2.17. The number of benzene rings is 1. The third-order valence-electron chi connectivity index (χ3n) is 3.40. The molecule has 0 spiro atoms. The number of aromatic nitrogens is 1. The molecule has 7 heteroatoms. The van der Waals surface area contributed by atoms with E-state index in [1.54, 1.807) is 0 Å². The second-order valence-corrected chi connectivity index (χ2v) is 5.35. The summed E-state index contributed by atoms with van der Waals surface area (Å²) in [5.74, 6) is -0.0550. The fourth-order valence-corrected chi connectivity index (χ4v) is 2.41. The molecular formula is C16H21Cl2N3O2. The summed E-state index contributed by atoms with van der Waals surface area (Å²) >= 11 is 5.90. The average molecular weight is 358 g/mol. The van der Waals surface area contributed by atoms with Crippen LogP contribution in [0.25, 0.3) is 0 Å². The first kappa shape index (κ1) is 19.5. The molecule has 1 heterocycles. The summed E-state index contributed by atoms with van der Waals surface area (Å²) in [7, 11) is 0. The molecule has 2 aromatic rings. The molecule has 1 aromatic carbocycles. The van der Waals surface area contributed by atoms with Crippen LogP contribution in [0.15, 0.2) is 28.8 Å². The number of rotatable bonds is 7. The molecule has 2 N–H and O–H groups in total. The Morgan fingerprint density at radius 3 is 2.74 bits per heavy atom. The summed E-state index contributed by atoms with van der Waals surface area (Å²) < 4.78 is 4.88. The summed E-state index contributed by atoms with van der Waals surface area (Å²) in [6.07, 6.45) is 0.840. The smallest absolute Gasteiger partial charge is 0.229 e. The van der Waals surface area contributed by atoms with Crippen molar-refractivity contribution in [3.8, 4) is 0 Å². The van der Waals surface area contributed by atoms with E-state index in [9.17, 15) is 4.79 Å². The minimum absolute atomic E-state index is 0. The summed E-state index contributed by atoms with van der Waals surface area (Å²) in [6.45, 7) is 5.47. The van der Waals surface area contributed by atoms with Crippen LogP contribution in [0.4, 0.5) is 5.69 Å². The van der Waals surface area contributed by atoms with E-state index >= 15 is 0 Å².